The third-order valence-electron chi connectivity index (χ3n) is 3.54. The van der Waals surface area contributed by atoms with E-state index in [1.165, 1.54) is 19.3 Å². The molecule has 0 saturated carbocycles. The Morgan fingerprint density at radius 1 is 1.40 bits per heavy atom. The molecule has 5 nitrogen and oxygen atoms in total. The van der Waals surface area contributed by atoms with Gasteiger partial charge in [0.25, 0.3) is 0 Å². The number of anilines is 1. The zero-order valence-electron chi connectivity index (χ0n) is 12.6. The zero-order chi connectivity index (χ0) is 14.2. The van der Waals surface area contributed by atoms with Crippen LogP contribution in [0, 0.1) is 0 Å². The molecule has 1 aromatic rings. The van der Waals surface area contributed by atoms with E-state index >= 15 is 0 Å². The fourth-order valence-corrected chi connectivity index (χ4v) is 2.60. The van der Waals surface area contributed by atoms with Crippen LogP contribution in [0.25, 0.3) is 0 Å². The maximum Gasteiger partial charge on any atom is 0.228 e. The lowest BCUT2D eigenvalue weighted by atomic mass is 10.0. The van der Waals surface area contributed by atoms with Crippen molar-refractivity contribution in [1.82, 2.24) is 15.3 Å². The Morgan fingerprint density at radius 2 is 2.30 bits per heavy atom. The van der Waals surface area contributed by atoms with Crippen molar-refractivity contribution in [2.75, 3.05) is 31.1 Å². The van der Waals surface area contributed by atoms with E-state index in [9.17, 15) is 0 Å². The summed E-state index contributed by atoms with van der Waals surface area (Å²) in [7, 11) is 0. The molecule has 0 aliphatic carbocycles. The molecule has 0 aromatic carbocycles. The zero-order valence-corrected chi connectivity index (χ0v) is 12.6. The van der Waals surface area contributed by atoms with E-state index < -0.39 is 0 Å². The second-order valence-electron chi connectivity index (χ2n) is 5.22. The molecule has 0 bridgehead atoms. The first-order valence-electron chi connectivity index (χ1n) is 7.77. The number of piperidine rings is 1. The summed E-state index contributed by atoms with van der Waals surface area (Å²) in [6.45, 7) is 7.88. The topological polar surface area (TPSA) is 50.3 Å². The standard InChI is InChI=1S/C15H26N4O/c1-3-11-19(12-13-7-5-6-9-16-13)15-17-10-8-14(18-15)20-4-2/h8,10,13,16H,3-7,9,11-12H2,1-2H3. The van der Waals surface area contributed by atoms with Crippen molar-refractivity contribution >= 4 is 5.95 Å². The number of ether oxygens (including phenoxy) is 1. The summed E-state index contributed by atoms with van der Waals surface area (Å²) in [5.41, 5.74) is 0. The highest BCUT2D eigenvalue weighted by Crippen LogP contribution is 2.16. The Labute approximate surface area is 121 Å². The van der Waals surface area contributed by atoms with Crippen LogP contribution in [0.2, 0.25) is 0 Å². The molecule has 112 valence electrons. The summed E-state index contributed by atoms with van der Waals surface area (Å²) in [4.78, 5) is 11.2. The van der Waals surface area contributed by atoms with Gasteiger partial charge < -0.3 is 15.0 Å². The molecule has 0 spiro atoms. The number of nitrogens with one attached hydrogen (secondary N) is 1. The fourth-order valence-electron chi connectivity index (χ4n) is 2.60. The van der Waals surface area contributed by atoms with Crippen molar-refractivity contribution in [2.24, 2.45) is 0 Å². The Hall–Kier alpha value is -1.36. The van der Waals surface area contributed by atoms with Crippen LogP contribution in [-0.4, -0.2) is 42.3 Å². The smallest absolute Gasteiger partial charge is 0.228 e. The van der Waals surface area contributed by atoms with Gasteiger partial charge in [-0.15, -0.1) is 0 Å². The van der Waals surface area contributed by atoms with Crippen LogP contribution in [0.15, 0.2) is 12.3 Å². The molecule has 1 saturated heterocycles. The maximum atomic E-state index is 5.47. The molecule has 0 radical (unpaired) electrons. The average Bonchev–Trinajstić information content (AvgIpc) is 2.49. The quantitative estimate of drug-likeness (QED) is 0.829. The first kappa shape index (κ1) is 15.0. The van der Waals surface area contributed by atoms with Crippen LogP contribution in [0.3, 0.4) is 0 Å². The molecule has 1 unspecified atom stereocenters. The summed E-state index contributed by atoms with van der Waals surface area (Å²) in [5, 5.41) is 3.59. The van der Waals surface area contributed by atoms with Gasteiger partial charge in [-0.3, -0.25) is 0 Å². The lowest BCUT2D eigenvalue weighted by Crippen LogP contribution is -2.44. The van der Waals surface area contributed by atoms with Crippen LogP contribution in [0.4, 0.5) is 5.95 Å². The molecule has 2 heterocycles. The molecule has 1 fully saturated rings. The summed E-state index contributed by atoms with van der Waals surface area (Å²) >= 11 is 0. The van der Waals surface area contributed by atoms with Crippen molar-refractivity contribution in [3.8, 4) is 5.88 Å². The van der Waals surface area contributed by atoms with E-state index in [0.717, 1.165) is 32.0 Å². The van der Waals surface area contributed by atoms with Crippen LogP contribution in [0.5, 0.6) is 5.88 Å². The fraction of sp³-hybridized carbons (Fsp3) is 0.733. The molecule has 1 aliphatic rings. The van der Waals surface area contributed by atoms with Gasteiger partial charge >= 0.3 is 0 Å². The number of nitrogens with zero attached hydrogens (tertiary/aromatic N) is 3. The molecule has 0 amide bonds. The van der Waals surface area contributed by atoms with Crippen LogP contribution in [-0.2, 0) is 0 Å². The van der Waals surface area contributed by atoms with Crippen LogP contribution >= 0.6 is 0 Å². The van der Waals surface area contributed by atoms with Crippen molar-refractivity contribution in [3.63, 3.8) is 0 Å². The number of hydrogen-bond donors (Lipinski definition) is 1. The summed E-state index contributed by atoms with van der Waals surface area (Å²) in [6, 6.07) is 2.37. The Morgan fingerprint density at radius 3 is 3.00 bits per heavy atom. The summed E-state index contributed by atoms with van der Waals surface area (Å²) < 4.78 is 5.47. The van der Waals surface area contributed by atoms with Crippen molar-refractivity contribution in [1.29, 1.82) is 0 Å². The Balaban J connectivity index is 2.04. The van der Waals surface area contributed by atoms with Crippen LogP contribution < -0.4 is 15.0 Å². The molecular formula is C15H26N4O. The van der Waals surface area contributed by atoms with E-state index in [4.69, 9.17) is 4.74 Å². The van der Waals surface area contributed by atoms with E-state index in [1.807, 2.05) is 13.0 Å². The Kier molecular flexibility index (Phi) is 6.05. The predicted molar refractivity (Wildman–Crippen MR) is 81.3 cm³/mol. The van der Waals surface area contributed by atoms with Gasteiger partial charge in [0.05, 0.1) is 6.61 Å². The van der Waals surface area contributed by atoms with Gasteiger partial charge in [0.2, 0.25) is 11.8 Å². The highest BCUT2D eigenvalue weighted by molar-refractivity contribution is 5.32. The lowest BCUT2D eigenvalue weighted by molar-refractivity contribution is 0.325. The average molecular weight is 278 g/mol. The third-order valence-corrected chi connectivity index (χ3v) is 3.54. The first-order chi connectivity index (χ1) is 9.83. The maximum absolute atomic E-state index is 5.47. The molecule has 20 heavy (non-hydrogen) atoms. The van der Waals surface area contributed by atoms with Gasteiger partial charge in [0.1, 0.15) is 0 Å². The molecule has 5 heteroatoms. The molecule has 1 aliphatic heterocycles. The van der Waals surface area contributed by atoms with Crippen molar-refractivity contribution < 1.29 is 4.74 Å². The van der Waals surface area contributed by atoms with Gasteiger partial charge in [0, 0.05) is 31.4 Å². The highest BCUT2D eigenvalue weighted by Gasteiger charge is 2.18. The third kappa shape index (κ3) is 4.34. The minimum atomic E-state index is 0.551. The van der Waals surface area contributed by atoms with E-state index in [-0.39, 0.29) is 0 Å². The molecular weight excluding hydrogens is 252 g/mol. The second-order valence-corrected chi connectivity index (χ2v) is 5.22. The van der Waals surface area contributed by atoms with Crippen molar-refractivity contribution in [2.45, 2.75) is 45.6 Å². The first-order valence-corrected chi connectivity index (χ1v) is 7.77. The lowest BCUT2D eigenvalue weighted by Gasteiger charge is -2.30. The van der Waals surface area contributed by atoms with Gasteiger partial charge in [0.15, 0.2) is 0 Å². The monoisotopic (exact) mass is 278 g/mol. The number of aromatic nitrogens is 2. The van der Waals surface area contributed by atoms with E-state index in [1.54, 1.807) is 6.20 Å². The minimum Gasteiger partial charge on any atom is -0.478 e. The molecule has 1 atom stereocenters. The van der Waals surface area contributed by atoms with Gasteiger partial charge in [-0.1, -0.05) is 13.3 Å². The van der Waals surface area contributed by atoms with Gasteiger partial charge in [-0.05, 0) is 32.7 Å². The summed E-state index contributed by atoms with van der Waals surface area (Å²) in [5.74, 6) is 1.44. The normalized spacial score (nSPS) is 18.8. The molecule has 2 rings (SSSR count). The van der Waals surface area contributed by atoms with Gasteiger partial charge in [-0.25, -0.2) is 4.98 Å². The largest absolute Gasteiger partial charge is 0.478 e. The minimum absolute atomic E-state index is 0.551. The van der Waals surface area contributed by atoms with E-state index in [0.29, 0.717) is 18.5 Å². The highest BCUT2D eigenvalue weighted by atomic mass is 16.5. The van der Waals surface area contributed by atoms with E-state index in [2.05, 4.69) is 27.1 Å². The van der Waals surface area contributed by atoms with Crippen molar-refractivity contribution in [3.05, 3.63) is 12.3 Å². The second kappa shape index (κ2) is 8.04. The predicted octanol–water partition coefficient (Wildman–Crippen LogP) is 2.23. The Bertz CT molecular complexity index is 393. The van der Waals surface area contributed by atoms with Gasteiger partial charge in [-0.2, -0.15) is 4.98 Å². The van der Waals surface area contributed by atoms with Crippen LogP contribution in [0.1, 0.15) is 39.5 Å². The molecule has 1 aromatic heterocycles. The number of hydrogen-bond acceptors (Lipinski definition) is 5. The molecule has 1 N–H and O–H groups in total. The summed E-state index contributed by atoms with van der Waals surface area (Å²) in [6.07, 6.45) is 6.72. The SMILES string of the molecule is CCCN(CC1CCCCN1)c1nccc(OCC)n1. The number of rotatable bonds is 7.